The van der Waals surface area contributed by atoms with Gasteiger partial charge in [-0.2, -0.15) is 0 Å². The van der Waals surface area contributed by atoms with E-state index in [1.165, 1.54) is 0 Å². The van der Waals surface area contributed by atoms with Crippen LogP contribution in [0.1, 0.15) is 19.4 Å². The highest BCUT2D eigenvalue weighted by atomic mass is 16.5. The number of phenols is 1. The summed E-state index contributed by atoms with van der Waals surface area (Å²) in [5, 5.41) is 9.31. The first-order valence-electron chi connectivity index (χ1n) is 5.28. The summed E-state index contributed by atoms with van der Waals surface area (Å²) < 4.78 is 4.67. The van der Waals surface area contributed by atoms with E-state index in [0.717, 1.165) is 11.1 Å². The van der Waals surface area contributed by atoms with Crippen molar-refractivity contribution in [3.05, 3.63) is 35.9 Å². The number of allylic oxidation sites excluding steroid dienone is 2. The molecular weight excluding hydrogens is 216 g/mol. The number of esters is 1. The number of benzene rings is 1. The van der Waals surface area contributed by atoms with Crippen LogP contribution in [0.25, 0.3) is 5.57 Å². The molecule has 0 aliphatic rings. The van der Waals surface area contributed by atoms with Crippen LogP contribution in [0.4, 0.5) is 0 Å². The first kappa shape index (κ1) is 12.9. The van der Waals surface area contributed by atoms with Crippen LogP contribution < -0.4 is 0 Å². The zero-order valence-electron chi connectivity index (χ0n) is 9.86. The van der Waals surface area contributed by atoms with E-state index in [4.69, 9.17) is 0 Å². The molecule has 0 heterocycles. The first-order chi connectivity index (χ1) is 8.13. The fourth-order valence-electron chi connectivity index (χ4n) is 1.20. The van der Waals surface area contributed by atoms with Gasteiger partial charge in [-0.15, -0.1) is 0 Å². The summed E-state index contributed by atoms with van der Waals surface area (Å²) in [4.78, 5) is 11.0. The minimum Gasteiger partial charge on any atom is -0.508 e. The summed E-state index contributed by atoms with van der Waals surface area (Å²) in [7, 11) is 0. The van der Waals surface area contributed by atoms with Gasteiger partial charge in [0, 0.05) is 5.92 Å². The van der Waals surface area contributed by atoms with Gasteiger partial charge in [0.25, 0.3) is 0 Å². The Kier molecular flexibility index (Phi) is 4.83. The summed E-state index contributed by atoms with van der Waals surface area (Å²) in [6.07, 6.45) is 1.62. The molecule has 0 aliphatic carbocycles. The maximum Gasteiger partial charge on any atom is 0.384 e. The van der Waals surface area contributed by atoms with Crippen LogP contribution in [-0.4, -0.2) is 17.7 Å². The molecular formula is C14H14O3. The van der Waals surface area contributed by atoms with Crippen molar-refractivity contribution in [3.8, 4) is 17.6 Å². The average Bonchev–Trinajstić information content (AvgIpc) is 2.29. The van der Waals surface area contributed by atoms with Crippen molar-refractivity contribution in [2.45, 2.75) is 13.8 Å². The lowest BCUT2D eigenvalue weighted by Gasteiger charge is -1.99. The molecule has 0 radical (unpaired) electrons. The molecule has 3 heteroatoms. The number of hydrogen-bond donors (Lipinski definition) is 1. The average molecular weight is 230 g/mol. The van der Waals surface area contributed by atoms with Crippen LogP contribution in [-0.2, 0) is 9.53 Å². The number of rotatable bonds is 2. The second kappa shape index (κ2) is 6.39. The van der Waals surface area contributed by atoms with Crippen molar-refractivity contribution in [1.29, 1.82) is 0 Å². The smallest absolute Gasteiger partial charge is 0.384 e. The van der Waals surface area contributed by atoms with Gasteiger partial charge in [0.1, 0.15) is 5.75 Å². The van der Waals surface area contributed by atoms with E-state index in [0.29, 0.717) is 6.61 Å². The van der Waals surface area contributed by atoms with Crippen molar-refractivity contribution >= 4 is 11.5 Å². The number of phenolic OH excluding ortho intramolecular Hbond substituents is 1. The Morgan fingerprint density at radius 1 is 1.53 bits per heavy atom. The summed E-state index contributed by atoms with van der Waals surface area (Å²) in [5.74, 6) is 4.64. The Morgan fingerprint density at radius 2 is 2.29 bits per heavy atom. The van der Waals surface area contributed by atoms with E-state index in [-0.39, 0.29) is 5.75 Å². The lowest BCUT2D eigenvalue weighted by Crippen LogP contribution is -1.99. The quantitative estimate of drug-likeness (QED) is 0.482. The third kappa shape index (κ3) is 4.43. The molecule has 0 aliphatic heterocycles. The molecule has 0 saturated carbocycles. The maximum absolute atomic E-state index is 11.0. The van der Waals surface area contributed by atoms with E-state index in [1.54, 1.807) is 31.2 Å². The summed E-state index contributed by atoms with van der Waals surface area (Å²) in [5.41, 5.74) is 1.74. The van der Waals surface area contributed by atoms with E-state index in [1.807, 2.05) is 13.0 Å². The third-order valence-electron chi connectivity index (χ3n) is 2.04. The van der Waals surface area contributed by atoms with Gasteiger partial charge in [0.05, 0.1) is 6.61 Å². The Hall–Kier alpha value is -2.21. The fraction of sp³-hybridized carbons (Fsp3) is 0.214. The van der Waals surface area contributed by atoms with E-state index in [2.05, 4.69) is 16.6 Å². The highest BCUT2D eigenvalue weighted by Gasteiger charge is 1.96. The zero-order chi connectivity index (χ0) is 12.7. The molecule has 0 fully saturated rings. The lowest BCUT2D eigenvalue weighted by molar-refractivity contribution is -0.136. The van der Waals surface area contributed by atoms with Crippen LogP contribution in [0.2, 0.25) is 0 Å². The highest BCUT2D eigenvalue weighted by molar-refractivity contribution is 5.89. The molecule has 1 aromatic rings. The second-order valence-corrected chi connectivity index (χ2v) is 3.37. The molecule has 1 rings (SSSR count). The number of hydrogen-bond acceptors (Lipinski definition) is 3. The minimum atomic E-state index is -0.535. The molecule has 3 nitrogen and oxygen atoms in total. The van der Waals surface area contributed by atoms with Gasteiger partial charge in [0.2, 0.25) is 0 Å². The Balaban J connectivity index is 2.76. The molecule has 1 N–H and O–H groups in total. The molecule has 0 amide bonds. The van der Waals surface area contributed by atoms with Crippen LogP contribution >= 0.6 is 0 Å². The van der Waals surface area contributed by atoms with Gasteiger partial charge in [-0.3, -0.25) is 0 Å². The number of ether oxygens (including phenoxy) is 1. The Morgan fingerprint density at radius 3 is 2.94 bits per heavy atom. The third-order valence-corrected chi connectivity index (χ3v) is 2.04. The van der Waals surface area contributed by atoms with Gasteiger partial charge in [-0.25, -0.2) is 4.79 Å². The first-order valence-corrected chi connectivity index (χ1v) is 5.28. The fourth-order valence-corrected chi connectivity index (χ4v) is 1.20. The molecule has 0 saturated heterocycles. The summed E-state index contributed by atoms with van der Waals surface area (Å²) in [6.45, 7) is 3.91. The minimum absolute atomic E-state index is 0.202. The van der Waals surface area contributed by atoms with Crippen molar-refractivity contribution < 1.29 is 14.6 Å². The van der Waals surface area contributed by atoms with Crippen molar-refractivity contribution in [1.82, 2.24) is 0 Å². The van der Waals surface area contributed by atoms with Gasteiger partial charge in [-0.05, 0) is 43.2 Å². The molecule has 1 aromatic carbocycles. The number of carbonyl (C=O) groups is 1. The predicted octanol–water partition coefficient (Wildman–Crippen LogP) is 2.36. The van der Waals surface area contributed by atoms with Crippen LogP contribution in [0.15, 0.2) is 30.3 Å². The SMILES string of the molecule is CCOC(=O)C#C/C=C(\C)c1cccc(O)c1. The van der Waals surface area contributed by atoms with E-state index < -0.39 is 5.97 Å². The number of carbonyl (C=O) groups excluding carboxylic acids is 1. The van der Waals surface area contributed by atoms with E-state index >= 15 is 0 Å². The Bertz CT molecular complexity index is 490. The topological polar surface area (TPSA) is 46.5 Å². The molecule has 0 bridgehead atoms. The van der Waals surface area contributed by atoms with Gasteiger partial charge < -0.3 is 9.84 Å². The molecule has 17 heavy (non-hydrogen) atoms. The highest BCUT2D eigenvalue weighted by Crippen LogP contribution is 2.18. The molecule has 88 valence electrons. The van der Waals surface area contributed by atoms with Crippen LogP contribution in [0.5, 0.6) is 5.75 Å². The molecule has 0 unspecified atom stereocenters. The number of aromatic hydroxyl groups is 1. The largest absolute Gasteiger partial charge is 0.508 e. The normalized spacial score (nSPS) is 10.4. The molecule has 0 atom stereocenters. The molecule has 0 aromatic heterocycles. The van der Waals surface area contributed by atoms with Gasteiger partial charge in [0.15, 0.2) is 0 Å². The van der Waals surface area contributed by atoms with Gasteiger partial charge >= 0.3 is 5.97 Å². The van der Waals surface area contributed by atoms with E-state index in [9.17, 15) is 9.90 Å². The Labute approximate surface area is 101 Å². The standard InChI is InChI=1S/C14H14O3/c1-3-17-14(16)9-4-6-11(2)12-7-5-8-13(15)10-12/h5-8,10,15H,3H2,1-2H3/b11-6+. The maximum atomic E-state index is 11.0. The monoisotopic (exact) mass is 230 g/mol. The van der Waals surface area contributed by atoms with Crippen molar-refractivity contribution in [2.24, 2.45) is 0 Å². The van der Waals surface area contributed by atoms with Crippen molar-refractivity contribution in [2.75, 3.05) is 6.61 Å². The lowest BCUT2D eigenvalue weighted by atomic mass is 10.1. The zero-order valence-corrected chi connectivity index (χ0v) is 9.86. The van der Waals surface area contributed by atoms with Gasteiger partial charge in [-0.1, -0.05) is 18.1 Å². The van der Waals surface area contributed by atoms with Crippen LogP contribution in [0.3, 0.4) is 0 Å². The van der Waals surface area contributed by atoms with Crippen molar-refractivity contribution in [3.63, 3.8) is 0 Å². The second-order valence-electron chi connectivity index (χ2n) is 3.37. The van der Waals surface area contributed by atoms with Crippen LogP contribution in [0, 0.1) is 11.8 Å². The summed E-state index contributed by atoms with van der Waals surface area (Å²) >= 11 is 0. The summed E-state index contributed by atoms with van der Waals surface area (Å²) in [6, 6.07) is 6.84. The predicted molar refractivity (Wildman–Crippen MR) is 66.2 cm³/mol. The molecule has 0 spiro atoms.